The van der Waals surface area contributed by atoms with Crippen LogP contribution in [0.25, 0.3) is 0 Å². The number of rotatable bonds is 4. The van der Waals surface area contributed by atoms with Crippen LogP contribution in [-0.2, 0) is 4.79 Å². The molecule has 140 valence electrons. The Morgan fingerprint density at radius 1 is 1.19 bits per heavy atom. The summed E-state index contributed by atoms with van der Waals surface area (Å²) < 4.78 is 5.30. The molecular weight excluding hydrogens is 366 g/mol. The predicted molar refractivity (Wildman–Crippen MR) is 105 cm³/mol. The first-order chi connectivity index (χ1) is 12.9. The molecule has 0 spiro atoms. The van der Waals surface area contributed by atoms with Crippen LogP contribution in [0, 0.1) is 0 Å². The maximum absolute atomic E-state index is 13.1. The van der Waals surface area contributed by atoms with Crippen molar-refractivity contribution in [3.63, 3.8) is 0 Å². The van der Waals surface area contributed by atoms with E-state index < -0.39 is 6.04 Å². The van der Waals surface area contributed by atoms with Crippen LogP contribution < -0.4 is 15.4 Å². The van der Waals surface area contributed by atoms with Crippen LogP contribution in [0.15, 0.2) is 59.8 Å². The predicted octanol–water partition coefficient (Wildman–Crippen LogP) is 3.96. The minimum absolute atomic E-state index is 0.277. The molecule has 2 aromatic carbocycles. The Balaban J connectivity index is 2.00. The molecule has 0 fully saturated rings. The van der Waals surface area contributed by atoms with E-state index in [2.05, 4.69) is 10.6 Å². The number of nitrogens with zero attached hydrogens (tertiary/aromatic N) is 1. The highest BCUT2D eigenvalue weighted by Crippen LogP contribution is 2.32. The first-order valence-electron chi connectivity index (χ1n) is 8.37. The van der Waals surface area contributed by atoms with Crippen molar-refractivity contribution in [2.75, 3.05) is 19.5 Å². The van der Waals surface area contributed by atoms with Gasteiger partial charge in [0, 0.05) is 17.8 Å². The summed E-state index contributed by atoms with van der Waals surface area (Å²) in [4.78, 5) is 26.8. The highest BCUT2D eigenvalue weighted by atomic mass is 35.5. The molecule has 3 rings (SSSR count). The Kier molecular flexibility index (Phi) is 5.37. The number of allylic oxidation sites excluding steroid dienone is 1. The molecule has 0 unspecified atom stereocenters. The van der Waals surface area contributed by atoms with E-state index in [-0.39, 0.29) is 11.9 Å². The van der Waals surface area contributed by atoms with E-state index >= 15 is 0 Å². The van der Waals surface area contributed by atoms with Crippen molar-refractivity contribution in [2.24, 2.45) is 0 Å². The summed E-state index contributed by atoms with van der Waals surface area (Å²) >= 11 is 5.97. The zero-order chi connectivity index (χ0) is 19.6. The number of methoxy groups -OCH3 is 1. The van der Waals surface area contributed by atoms with E-state index in [0.29, 0.717) is 27.7 Å². The van der Waals surface area contributed by atoms with Gasteiger partial charge in [0.05, 0.1) is 24.4 Å². The lowest BCUT2D eigenvalue weighted by Crippen LogP contribution is -2.46. The molecule has 27 heavy (non-hydrogen) atoms. The van der Waals surface area contributed by atoms with Crippen LogP contribution in [0.3, 0.4) is 0 Å². The fraction of sp³-hybridized carbons (Fsp3) is 0.200. The molecule has 2 N–H and O–H groups in total. The van der Waals surface area contributed by atoms with E-state index in [1.165, 1.54) is 4.90 Å². The lowest BCUT2D eigenvalue weighted by molar-refractivity contribution is -0.113. The Hall–Kier alpha value is -2.99. The molecule has 0 aromatic heterocycles. The van der Waals surface area contributed by atoms with Crippen molar-refractivity contribution in [2.45, 2.75) is 13.0 Å². The van der Waals surface area contributed by atoms with Gasteiger partial charge < -0.3 is 20.3 Å². The number of benzene rings is 2. The van der Waals surface area contributed by atoms with Gasteiger partial charge in [-0.05, 0) is 36.8 Å². The van der Waals surface area contributed by atoms with Gasteiger partial charge in [-0.2, -0.15) is 0 Å². The Morgan fingerprint density at radius 2 is 1.85 bits per heavy atom. The molecular formula is C20H20ClN3O3. The number of carbonyl (C=O) groups excluding carboxylic acids is 2. The number of amides is 3. The smallest absolute Gasteiger partial charge is 0.322 e. The molecule has 7 heteroatoms. The summed E-state index contributed by atoms with van der Waals surface area (Å²) in [5, 5.41) is 6.34. The molecule has 0 bridgehead atoms. The topological polar surface area (TPSA) is 70.7 Å². The van der Waals surface area contributed by atoms with Crippen molar-refractivity contribution in [3.8, 4) is 5.75 Å². The van der Waals surface area contributed by atoms with Gasteiger partial charge in [-0.25, -0.2) is 4.79 Å². The minimum atomic E-state index is -0.583. The Morgan fingerprint density at radius 3 is 2.52 bits per heavy atom. The average Bonchev–Trinajstić information content (AvgIpc) is 2.66. The molecule has 2 aromatic rings. The van der Waals surface area contributed by atoms with Crippen molar-refractivity contribution < 1.29 is 14.3 Å². The normalized spacial score (nSPS) is 16.8. The lowest BCUT2D eigenvalue weighted by Gasteiger charge is -2.33. The number of carbonyl (C=O) groups is 2. The molecule has 6 nitrogen and oxygen atoms in total. The molecule has 0 radical (unpaired) electrons. The number of urea groups is 1. The third-order valence-electron chi connectivity index (χ3n) is 4.56. The van der Waals surface area contributed by atoms with E-state index in [9.17, 15) is 9.59 Å². The number of anilines is 1. The number of hydrogen-bond acceptors (Lipinski definition) is 3. The van der Waals surface area contributed by atoms with Gasteiger partial charge in [0.1, 0.15) is 5.75 Å². The SMILES string of the molecule is COc1ccccc1NC(=O)C1=C(C)N(C)C(=O)N[C@H]1c1ccc(Cl)cc1. The van der Waals surface area contributed by atoms with Crippen LogP contribution in [-0.4, -0.2) is 31.0 Å². The zero-order valence-electron chi connectivity index (χ0n) is 15.2. The number of hydrogen-bond donors (Lipinski definition) is 2. The van der Waals surface area contributed by atoms with E-state index in [1.807, 2.05) is 12.1 Å². The highest BCUT2D eigenvalue weighted by Gasteiger charge is 2.34. The minimum Gasteiger partial charge on any atom is -0.495 e. The van der Waals surface area contributed by atoms with E-state index in [4.69, 9.17) is 16.3 Å². The summed E-state index contributed by atoms with van der Waals surface area (Å²) in [6.45, 7) is 1.75. The second-order valence-electron chi connectivity index (χ2n) is 6.15. The Bertz CT molecular complexity index is 909. The van der Waals surface area contributed by atoms with Gasteiger partial charge in [0.2, 0.25) is 0 Å². The number of halogens is 1. The van der Waals surface area contributed by atoms with Crippen LogP contribution >= 0.6 is 11.6 Å². The van der Waals surface area contributed by atoms with Gasteiger partial charge in [-0.15, -0.1) is 0 Å². The number of nitrogens with one attached hydrogen (secondary N) is 2. The van der Waals surface area contributed by atoms with Crippen molar-refractivity contribution >= 4 is 29.2 Å². The molecule has 0 saturated carbocycles. The highest BCUT2D eigenvalue weighted by molar-refractivity contribution is 6.30. The van der Waals surface area contributed by atoms with Crippen LogP contribution in [0.1, 0.15) is 18.5 Å². The largest absolute Gasteiger partial charge is 0.495 e. The zero-order valence-corrected chi connectivity index (χ0v) is 16.0. The van der Waals surface area contributed by atoms with Crippen molar-refractivity contribution in [1.29, 1.82) is 0 Å². The van der Waals surface area contributed by atoms with Crippen LogP contribution in [0.4, 0.5) is 10.5 Å². The summed E-state index contributed by atoms with van der Waals surface area (Å²) in [6.07, 6.45) is 0. The summed E-state index contributed by atoms with van der Waals surface area (Å²) in [5.74, 6) is 0.240. The first-order valence-corrected chi connectivity index (χ1v) is 8.75. The quantitative estimate of drug-likeness (QED) is 0.836. The lowest BCUT2D eigenvalue weighted by atomic mass is 9.94. The fourth-order valence-corrected chi connectivity index (χ4v) is 3.10. The van der Waals surface area contributed by atoms with Crippen LogP contribution in [0.2, 0.25) is 5.02 Å². The monoisotopic (exact) mass is 385 g/mol. The first kappa shape index (κ1) is 18.8. The summed E-state index contributed by atoms with van der Waals surface area (Å²) in [7, 11) is 3.17. The molecule has 3 amide bonds. The second kappa shape index (κ2) is 7.72. The summed E-state index contributed by atoms with van der Waals surface area (Å²) in [5.41, 5.74) is 2.35. The molecule has 0 aliphatic carbocycles. The van der Waals surface area contributed by atoms with Crippen molar-refractivity contribution in [1.82, 2.24) is 10.2 Å². The van der Waals surface area contributed by atoms with Crippen LogP contribution in [0.5, 0.6) is 5.75 Å². The standard InChI is InChI=1S/C20H20ClN3O3/c1-12-17(19(25)22-15-6-4-5-7-16(15)27-3)18(23-20(26)24(12)2)13-8-10-14(21)11-9-13/h4-11,18H,1-3H3,(H,22,25)(H,23,26)/t18-/m0/s1. The molecule has 0 saturated heterocycles. The van der Waals surface area contributed by atoms with E-state index in [0.717, 1.165) is 5.56 Å². The molecule has 1 heterocycles. The fourth-order valence-electron chi connectivity index (χ4n) is 2.97. The van der Waals surface area contributed by atoms with Gasteiger partial charge in [-0.1, -0.05) is 35.9 Å². The maximum atomic E-state index is 13.1. The molecule has 1 aliphatic heterocycles. The number of para-hydroxylation sites is 2. The molecule has 1 aliphatic rings. The van der Waals surface area contributed by atoms with Gasteiger partial charge in [0.25, 0.3) is 5.91 Å². The second-order valence-corrected chi connectivity index (χ2v) is 6.58. The molecule has 1 atom stereocenters. The van der Waals surface area contributed by atoms with Crippen molar-refractivity contribution in [3.05, 3.63) is 70.4 Å². The van der Waals surface area contributed by atoms with Gasteiger partial charge in [0.15, 0.2) is 0 Å². The Labute approximate surface area is 162 Å². The van der Waals surface area contributed by atoms with Gasteiger partial charge in [-0.3, -0.25) is 4.79 Å². The van der Waals surface area contributed by atoms with E-state index in [1.54, 1.807) is 57.5 Å². The summed E-state index contributed by atoms with van der Waals surface area (Å²) in [6, 6.07) is 13.3. The third-order valence-corrected chi connectivity index (χ3v) is 4.81. The number of ether oxygens (including phenoxy) is 1. The van der Waals surface area contributed by atoms with Gasteiger partial charge >= 0.3 is 6.03 Å². The average molecular weight is 386 g/mol. The maximum Gasteiger partial charge on any atom is 0.322 e. The third kappa shape index (κ3) is 3.75.